The van der Waals surface area contributed by atoms with Gasteiger partial charge in [-0.1, -0.05) is 41.9 Å². The lowest BCUT2D eigenvalue weighted by molar-refractivity contribution is 0.0696. The van der Waals surface area contributed by atoms with Crippen LogP contribution in [0.5, 0.6) is 17.4 Å². The van der Waals surface area contributed by atoms with E-state index in [0.29, 0.717) is 40.4 Å². The van der Waals surface area contributed by atoms with E-state index in [9.17, 15) is 9.90 Å². The smallest absolute Gasteiger partial charge is 0.335 e. The van der Waals surface area contributed by atoms with E-state index in [2.05, 4.69) is 12.1 Å². The standard InChI is InChI=1S/C29H25ClN2O5/c1-15-4-3-5-21(30)26(15)27-20(28(37-32-27)17-6-7-17)14-35-25-11-10-23-22(31-25)12-16(2)19-9-8-18(29(33)34)13-24(19)36-23/h3-5,8-11,13,16-17H,6-7,12,14H2,1-2H3,(H,33,34)/t16-/m0/s1. The molecule has 1 saturated carbocycles. The fourth-order valence-corrected chi connectivity index (χ4v) is 5.18. The monoisotopic (exact) mass is 516 g/mol. The molecule has 1 atom stereocenters. The molecule has 1 aliphatic heterocycles. The number of aromatic nitrogens is 2. The van der Waals surface area contributed by atoms with Gasteiger partial charge in [0.15, 0.2) is 0 Å². The Hall–Kier alpha value is -3.84. The topological polar surface area (TPSA) is 94.7 Å². The van der Waals surface area contributed by atoms with Gasteiger partial charge in [-0.2, -0.15) is 0 Å². The number of hydrogen-bond donors (Lipinski definition) is 1. The van der Waals surface area contributed by atoms with Gasteiger partial charge in [-0.25, -0.2) is 9.78 Å². The van der Waals surface area contributed by atoms with Gasteiger partial charge in [-0.3, -0.25) is 0 Å². The van der Waals surface area contributed by atoms with Crippen molar-refractivity contribution in [2.24, 2.45) is 0 Å². The molecule has 7 nitrogen and oxygen atoms in total. The summed E-state index contributed by atoms with van der Waals surface area (Å²) in [5, 5.41) is 14.4. The Bertz CT molecular complexity index is 1500. The molecule has 1 fully saturated rings. The van der Waals surface area contributed by atoms with Gasteiger partial charge in [0.1, 0.15) is 29.6 Å². The normalized spacial score (nSPS) is 16.4. The van der Waals surface area contributed by atoms with Crippen LogP contribution in [0.3, 0.4) is 0 Å². The number of aryl methyl sites for hydroxylation is 1. The molecule has 8 heteroatoms. The molecule has 2 aromatic heterocycles. The highest BCUT2D eigenvalue weighted by Crippen LogP contribution is 2.46. The minimum Gasteiger partial charge on any atom is -0.478 e. The largest absolute Gasteiger partial charge is 0.478 e. The number of halogens is 1. The number of hydrogen-bond acceptors (Lipinski definition) is 6. The van der Waals surface area contributed by atoms with Gasteiger partial charge < -0.3 is 19.1 Å². The number of carboxylic acids is 1. The summed E-state index contributed by atoms with van der Waals surface area (Å²) in [5.41, 5.74) is 5.37. The first-order valence-corrected chi connectivity index (χ1v) is 12.7. The highest BCUT2D eigenvalue weighted by Gasteiger charge is 2.33. The Kier molecular flexibility index (Phi) is 5.88. The lowest BCUT2D eigenvalue weighted by Gasteiger charge is -2.12. The van der Waals surface area contributed by atoms with E-state index in [1.807, 2.05) is 37.3 Å². The summed E-state index contributed by atoms with van der Waals surface area (Å²) in [6, 6.07) is 14.3. The SMILES string of the molecule is Cc1cccc(Cl)c1-c1noc(C2CC2)c1COc1ccc2c(n1)C[C@H](C)c1ccc(C(=O)O)cc1O2. The van der Waals surface area contributed by atoms with Gasteiger partial charge in [-0.15, -0.1) is 0 Å². The van der Waals surface area contributed by atoms with Crippen molar-refractivity contribution < 1.29 is 23.9 Å². The second-order valence-electron chi connectivity index (χ2n) is 9.73. The number of nitrogens with zero attached hydrogens (tertiary/aromatic N) is 2. The number of ether oxygens (including phenoxy) is 2. The highest BCUT2D eigenvalue weighted by atomic mass is 35.5. The molecular formula is C29H25ClN2O5. The van der Waals surface area contributed by atoms with Crippen molar-refractivity contribution >= 4 is 17.6 Å². The van der Waals surface area contributed by atoms with E-state index in [1.54, 1.807) is 18.2 Å². The van der Waals surface area contributed by atoms with E-state index in [-0.39, 0.29) is 18.1 Å². The molecule has 188 valence electrons. The van der Waals surface area contributed by atoms with Crippen molar-refractivity contribution in [3.05, 3.63) is 87.3 Å². The molecule has 3 heterocycles. The first kappa shape index (κ1) is 23.6. The van der Waals surface area contributed by atoms with Crippen molar-refractivity contribution in [2.45, 2.75) is 51.6 Å². The van der Waals surface area contributed by atoms with Crippen LogP contribution >= 0.6 is 11.6 Å². The Morgan fingerprint density at radius 3 is 2.76 bits per heavy atom. The number of carbonyl (C=O) groups is 1. The fraction of sp³-hybridized carbons (Fsp3) is 0.276. The maximum Gasteiger partial charge on any atom is 0.335 e. The van der Waals surface area contributed by atoms with Crippen molar-refractivity contribution in [1.82, 2.24) is 10.1 Å². The van der Waals surface area contributed by atoms with Crippen LogP contribution in [0, 0.1) is 6.92 Å². The summed E-state index contributed by atoms with van der Waals surface area (Å²) >= 11 is 6.55. The molecule has 37 heavy (non-hydrogen) atoms. The van der Waals surface area contributed by atoms with Crippen molar-refractivity contribution in [3.63, 3.8) is 0 Å². The van der Waals surface area contributed by atoms with Gasteiger partial charge in [0.05, 0.1) is 21.8 Å². The van der Waals surface area contributed by atoms with Crippen LogP contribution in [0.25, 0.3) is 11.3 Å². The highest BCUT2D eigenvalue weighted by molar-refractivity contribution is 6.33. The maximum atomic E-state index is 11.4. The van der Waals surface area contributed by atoms with Crippen LogP contribution in [-0.2, 0) is 13.0 Å². The van der Waals surface area contributed by atoms with Crippen molar-refractivity contribution in [1.29, 1.82) is 0 Å². The summed E-state index contributed by atoms with van der Waals surface area (Å²) in [6.45, 7) is 4.33. The third kappa shape index (κ3) is 4.44. The predicted octanol–water partition coefficient (Wildman–Crippen LogP) is 7.30. The zero-order valence-electron chi connectivity index (χ0n) is 20.5. The first-order valence-electron chi connectivity index (χ1n) is 12.3. The molecule has 0 radical (unpaired) electrons. The number of fused-ring (bicyclic) bond motifs is 2. The molecule has 0 spiro atoms. The second-order valence-corrected chi connectivity index (χ2v) is 10.1. The molecule has 1 aliphatic carbocycles. The first-order chi connectivity index (χ1) is 17.9. The second kappa shape index (κ2) is 9.23. The molecule has 2 aliphatic rings. The van der Waals surface area contributed by atoms with Crippen LogP contribution in [0.1, 0.15) is 70.1 Å². The average molecular weight is 517 g/mol. The lowest BCUT2D eigenvalue weighted by atomic mass is 9.95. The van der Waals surface area contributed by atoms with Crippen LogP contribution in [-0.4, -0.2) is 21.2 Å². The van der Waals surface area contributed by atoms with Crippen molar-refractivity contribution in [2.75, 3.05) is 0 Å². The predicted molar refractivity (Wildman–Crippen MR) is 138 cm³/mol. The number of benzene rings is 2. The molecule has 2 aromatic carbocycles. The molecule has 0 amide bonds. The van der Waals surface area contributed by atoms with Crippen molar-refractivity contribution in [3.8, 4) is 28.6 Å². The number of aromatic carboxylic acids is 1. The molecule has 0 bridgehead atoms. The fourth-order valence-electron chi connectivity index (χ4n) is 4.87. The van der Waals surface area contributed by atoms with Crippen LogP contribution in [0.4, 0.5) is 0 Å². The van der Waals surface area contributed by atoms with Gasteiger partial charge in [0.2, 0.25) is 5.88 Å². The summed E-state index contributed by atoms with van der Waals surface area (Å²) in [5.74, 6) is 1.91. The van der Waals surface area contributed by atoms with Gasteiger partial charge >= 0.3 is 5.97 Å². The molecule has 1 N–H and O–H groups in total. The zero-order chi connectivity index (χ0) is 25.7. The number of pyridine rings is 1. The van der Waals surface area contributed by atoms with E-state index in [1.165, 1.54) is 0 Å². The molecule has 0 unspecified atom stereocenters. The number of carboxylic acid groups (broad SMARTS) is 1. The average Bonchev–Trinajstić information content (AvgIpc) is 3.65. The zero-order valence-corrected chi connectivity index (χ0v) is 21.2. The quantitative estimate of drug-likeness (QED) is 0.287. The van der Waals surface area contributed by atoms with E-state index in [4.69, 9.17) is 30.6 Å². The third-order valence-electron chi connectivity index (χ3n) is 7.01. The summed E-state index contributed by atoms with van der Waals surface area (Å²) in [4.78, 5) is 16.2. The molecule has 0 saturated heterocycles. The minimum atomic E-state index is -0.990. The minimum absolute atomic E-state index is 0.0937. The van der Waals surface area contributed by atoms with Crippen LogP contribution in [0.15, 0.2) is 53.1 Å². The summed E-state index contributed by atoms with van der Waals surface area (Å²) in [7, 11) is 0. The third-order valence-corrected chi connectivity index (χ3v) is 7.32. The summed E-state index contributed by atoms with van der Waals surface area (Å²) < 4.78 is 18.1. The van der Waals surface area contributed by atoms with Gasteiger partial charge in [-0.05, 0) is 61.1 Å². The maximum absolute atomic E-state index is 11.4. The van der Waals surface area contributed by atoms with Crippen LogP contribution < -0.4 is 9.47 Å². The lowest BCUT2D eigenvalue weighted by Crippen LogP contribution is -2.04. The Morgan fingerprint density at radius 2 is 2.00 bits per heavy atom. The molecular weight excluding hydrogens is 492 g/mol. The van der Waals surface area contributed by atoms with Gasteiger partial charge in [0.25, 0.3) is 0 Å². The molecule has 6 rings (SSSR count). The Morgan fingerprint density at radius 1 is 1.16 bits per heavy atom. The Balaban J connectivity index is 1.29. The van der Waals surface area contributed by atoms with Gasteiger partial charge in [0, 0.05) is 24.0 Å². The number of rotatable bonds is 6. The van der Waals surface area contributed by atoms with E-state index < -0.39 is 5.97 Å². The van der Waals surface area contributed by atoms with E-state index >= 15 is 0 Å². The summed E-state index contributed by atoms with van der Waals surface area (Å²) in [6.07, 6.45) is 2.77. The Labute approximate surface area is 219 Å². The van der Waals surface area contributed by atoms with Crippen LogP contribution in [0.2, 0.25) is 5.02 Å². The molecule has 4 aromatic rings. The van der Waals surface area contributed by atoms with E-state index in [0.717, 1.165) is 46.5 Å².